The van der Waals surface area contributed by atoms with Crippen LogP contribution in [0.4, 0.5) is 0 Å². The van der Waals surface area contributed by atoms with Gasteiger partial charge in [-0.15, -0.1) is 0 Å². The molecule has 1 aromatic carbocycles. The third-order valence-corrected chi connectivity index (χ3v) is 5.74. The number of ether oxygens (including phenoxy) is 1. The van der Waals surface area contributed by atoms with E-state index in [0.717, 1.165) is 43.8 Å². The smallest absolute Gasteiger partial charge is 0.223 e. The van der Waals surface area contributed by atoms with Crippen molar-refractivity contribution < 1.29 is 14.6 Å². The highest BCUT2D eigenvalue weighted by Gasteiger charge is 2.34. The van der Waals surface area contributed by atoms with Gasteiger partial charge < -0.3 is 20.1 Å². The van der Waals surface area contributed by atoms with Crippen LogP contribution in [0.3, 0.4) is 0 Å². The van der Waals surface area contributed by atoms with Crippen molar-refractivity contribution >= 4 is 5.91 Å². The van der Waals surface area contributed by atoms with Crippen molar-refractivity contribution in [2.45, 2.75) is 44.1 Å². The summed E-state index contributed by atoms with van der Waals surface area (Å²) in [6, 6.07) is 7.73. The van der Waals surface area contributed by atoms with Crippen molar-refractivity contribution in [3.8, 4) is 5.75 Å². The number of piperidine rings is 1. The lowest BCUT2D eigenvalue weighted by molar-refractivity contribution is -0.124. The summed E-state index contributed by atoms with van der Waals surface area (Å²) in [5.74, 6) is 1.24. The van der Waals surface area contributed by atoms with Gasteiger partial charge in [0.15, 0.2) is 0 Å². The van der Waals surface area contributed by atoms with Crippen LogP contribution in [0.25, 0.3) is 0 Å². The Morgan fingerprint density at radius 1 is 1.32 bits per heavy atom. The van der Waals surface area contributed by atoms with Crippen LogP contribution in [0.1, 0.15) is 44.1 Å². The van der Waals surface area contributed by atoms with Gasteiger partial charge in [-0.05, 0) is 43.4 Å². The maximum Gasteiger partial charge on any atom is 0.223 e. The predicted molar refractivity (Wildman–Crippen MR) is 97.5 cm³/mol. The van der Waals surface area contributed by atoms with Crippen LogP contribution >= 0.6 is 0 Å². The number of nitrogens with one attached hydrogen (secondary N) is 1. The normalized spacial score (nSPS) is 21.2. The van der Waals surface area contributed by atoms with E-state index >= 15 is 0 Å². The first-order valence-corrected chi connectivity index (χ1v) is 9.48. The van der Waals surface area contributed by atoms with Crippen molar-refractivity contribution in [2.24, 2.45) is 5.92 Å². The molecule has 0 radical (unpaired) electrons. The Hall–Kier alpha value is -1.59. The molecule has 1 saturated heterocycles. The van der Waals surface area contributed by atoms with E-state index in [1.54, 1.807) is 7.11 Å². The average Bonchev–Trinajstić information content (AvgIpc) is 3.18. The van der Waals surface area contributed by atoms with Crippen LogP contribution in [0.2, 0.25) is 0 Å². The molecule has 138 valence electrons. The summed E-state index contributed by atoms with van der Waals surface area (Å²) in [4.78, 5) is 14.4. The second kappa shape index (κ2) is 8.19. The molecule has 1 aliphatic carbocycles. The second-order valence-electron chi connectivity index (χ2n) is 7.38. The summed E-state index contributed by atoms with van der Waals surface area (Å²) in [7, 11) is 1.64. The summed E-state index contributed by atoms with van der Waals surface area (Å²) in [5, 5.41) is 14.1. The van der Waals surface area contributed by atoms with Crippen LogP contribution in [0.15, 0.2) is 24.3 Å². The maximum atomic E-state index is 12.1. The molecule has 2 fully saturated rings. The molecule has 1 aliphatic heterocycles. The molecule has 5 nitrogen and oxygen atoms in total. The third kappa shape index (κ3) is 4.53. The molecule has 0 bridgehead atoms. The van der Waals surface area contributed by atoms with Crippen molar-refractivity contribution in [1.82, 2.24) is 10.2 Å². The fourth-order valence-corrected chi connectivity index (χ4v) is 4.02. The van der Waals surface area contributed by atoms with Crippen molar-refractivity contribution in [1.29, 1.82) is 0 Å². The van der Waals surface area contributed by atoms with Crippen LogP contribution in [-0.4, -0.2) is 49.2 Å². The standard InChI is InChI=1S/C20H30N2O3/c1-25-18-8-4-7-17(15-18)20(24)9-12-22(13-10-20)14-11-21-19(23)16-5-2-3-6-16/h4,7-8,15-16,24H,2-3,5-6,9-14H2,1H3,(H,21,23). The van der Waals surface area contributed by atoms with E-state index in [2.05, 4.69) is 10.2 Å². The largest absolute Gasteiger partial charge is 0.497 e. The molecule has 5 heteroatoms. The molecule has 25 heavy (non-hydrogen) atoms. The lowest BCUT2D eigenvalue weighted by atomic mass is 9.84. The zero-order valence-corrected chi connectivity index (χ0v) is 15.2. The van der Waals surface area contributed by atoms with Gasteiger partial charge in [0.2, 0.25) is 5.91 Å². The van der Waals surface area contributed by atoms with Gasteiger partial charge in [0, 0.05) is 32.1 Å². The Morgan fingerprint density at radius 2 is 2.04 bits per heavy atom. The zero-order chi connectivity index (χ0) is 17.7. The van der Waals surface area contributed by atoms with Gasteiger partial charge >= 0.3 is 0 Å². The van der Waals surface area contributed by atoms with E-state index in [1.165, 1.54) is 12.8 Å². The molecule has 0 aromatic heterocycles. The number of rotatable bonds is 6. The van der Waals surface area contributed by atoms with Gasteiger partial charge in [-0.1, -0.05) is 25.0 Å². The molecule has 2 N–H and O–H groups in total. The molecule has 0 atom stereocenters. The van der Waals surface area contributed by atoms with Gasteiger partial charge in [0.25, 0.3) is 0 Å². The molecule has 1 saturated carbocycles. The highest BCUT2D eigenvalue weighted by atomic mass is 16.5. The number of benzene rings is 1. The monoisotopic (exact) mass is 346 g/mol. The number of hydrogen-bond donors (Lipinski definition) is 2. The number of aliphatic hydroxyl groups is 1. The van der Waals surface area contributed by atoms with Gasteiger partial charge in [-0.2, -0.15) is 0 Å². The van der Waals surface area contributed by atoms with Crippen LogP contribution in [-0.2, 0) is 10.4 Å². The SMILES string of the molecule is COc1cccc(C2(O)CCN(CCNC(=O)C3CCCC3)CC2)c1. The van der Waals surface area contributed by atoms with Crippen LogP contribution in [0, 0.1) is 5.92 Å². The van der Waals surface area contributed by atoms with Gasteiger partial charge in [0.05, 0.1) is 12.7 Å². The van der Waals surface area contributed by atoms with Crippen molar-refractivity contribution in [3.05, 3.63) is 29.8 Å². The number of amides is 1. The Balaban J connectivity index is 1.44. The number of carbonyl (C=O) groups is 1. The molecule has 2 aliphatic rings. The van der Waals surface area contributed by atoms with Crippen LogP contribution < -0.4 is 10.1 Å². The molecular formula is C20H30N2O3. The van der Waals surface area contributed by atoms with E-state index in [0.29, 0.717) is 19.4 Å². The molecular weight excluding hydrogens is 316 g/mol. The number of likely N-dealkylation sites (tertiary alicyclic amines) is 1. The zero-order valence-electron chi connectivity index (χ0n) is 15.2. The molecule has 1 aromatic rings. The Labute approximate surface area is 150 Å². The van der Waals surface area contributed by atoms with E-state index < -0.39 is 5.60 Å². The minimum atomic E-state index is -0.780. The fraction of sp³-hybridized carbons (Fsp3) is 0.650. The second-order valence-corrected chi connectivity index (χ2v) is 7.38. The van der Waals surface area contributed by atoms with E-state index in [4.69, 9.17) is 4.74 Å². The Bertz CT molecular complexity index is 576. The predicted octanol–water partition coefficient (Wildman–Crippen LogP) is 2.29. The van der Waals surface area contributed by atoms with E-state index in [-0.39, 0.29) is 11.8 Å². The Kier molecular flexibility index (Phi) is 5.97. The first kappa shape index (κ1) is 18.2. The summed E-state index contributed by atoms with van der Waals surface area (Å²) in [5.41, 5.74) is 0.152. The van der Waals surface area contributed by atoms with Crippen molar-refractivity contribution in [2.75, 3.05) is 33.3 Å². The van der Waals surface area contributed by atoms with Gasteiger partial charge in [-0.3, -0.25) is 4.79 Å². The molecule has 0 unspecified atom stereocenters. The summed E-state index contributed by atoms with van der Waals surface area (Å²) in [6.07, 6.45) is 5.87. The van der Waals surface area contributed by atoms with Gasteiger partial charge in [0.1, 0.15) is 5.75 Å². The third-order valence-electron chi connectivity index (χ3n) is 5.74. The fourth-order valence-electron chi connectivity index (χ4n) is 4.02. The first-order chi connectivity index (χ1) is 12.1. The Morgan fingerprint density at radius 3 is 2.72 bits per heavy atom. The van der Waals surface area contributed by atoms with E-state index in [9.17, 15) is 9.90 Å². The lowest BCUT2D eigenvalue weighted by Crippen LogP contribution is -2.45. The first-order valence-electron chi connectivity index (χ1n) is 9.48. The number of hydrogen-bond acceptors (Lipinski definition) is 4. The average molecular weight is 346 g/mol. The van der Waals surface area contributed by atoms with Crippen molar-refractivity contribution in [3.63, 3.8) is 0 Å². The molecule has 1 heterocycles. The molecule has 1 amide bonds. The topological polar surface area (TPSA) is 61.8 Å². The minimum Gasteiger partial charge on any atom is -0.497 e. The highest BCUT2D eigenvalue weighted by Crippen LogP contribution is 2.34. The number of nitrogens with zero attached hydrogens (tertiary/aromatic N) is 1. The number of carbonyl (C=O) groups excluding carboxylic acids is 1. The van der Waals surface area contributed by atoms with Gasteiger partial charge in [-0.25, -0.2) is 0 Å². The maximum absolute atomic E-state index is 12.1. The number of methoxy groups -OCH3 is 1. The molecule has 0 spiro atoms. The summed E-state index contributed by atoms with van der Waals surface area (Å²) >= 11 is 0. The minimum absolute atomic E-state index is 0.224. The lowest BCUT2D eigenvalue weighted by Gasteiger charge is -2.38. The molecule has 3 rings (SSSR count). The quantitative estimate of drug-likeness (QED) is 0.830. The van der Waals surface area contributed by atoms with Crippen LogP contribution in [0.5, 0.6) is 5.75 Å². The summed E-state index contributed by atoms with van der Waals surface area (Å²) in [6.45, 7) is 3.24. The van der Waals surface area contributed by atoms with E-state index in [1.807, 2.05) is 24.3 Å². The summed E-state index contributed by atoms with van der Waals surface area (Å²) < 4.78 is 5.27. The highest BCUT2D eigenvalue weighted by molar-refractivity contribution is 5.78.